The first-order valence-electron chi connectivity index (χ1n) is 12.0. The van der Waals surface area contributed by atoms with Gasteiger partial charge in [-0.2, -0.15) is 0 Å². The van der Waals surface area contributed by atoms with E-state index < -0.39 is 10.0 Å². The second-order valence-electron chi connectivity index (χ2n) is 10.4. The van der Waals surface area contributed by atoms with E-state index in [9.17, 15) is 8.42 Å². The maximum atomic E-state index is 12.9. The molecule has 2 N–H and O–H groups in total. The highest BCUT2D eigenvalue weighted by molar-refractivity contribution is 7.92. The molecule has 0 atom stereocenters. The zero-order valence-corrected chi connectivity index (χ0v) is 19.5. The third-order valence-corrected chi connectivity index (χ3v) is 9.41. The minimum Gasteiger partial charge on any atom is -0.356 e. The largest absolute Gasteiger partial charge is 0.356 e. The van der Waals surface area contributed by atoms with Crippen molar-refractivity contribution in [1.82, 2.24) is 0 Å². The first-order valence-corrected chi connectivity index (χ1v) is 13.5. The fraction of sp³-hybridized carbons (Fsp3) is 0.357. The fourth-order valence-corrected chi connectivity index (χ4v) is 8.03. The highest BCUT2D eigenvalue weighted by atomic mass is 32.2. The Bertz CT molecular complexity index is 1200. The molecule has 4 nitrogen and oxygen atoms in total. The molecule has 0 radical (unpaired) electrons. The molecule has 170 valence electrons. The first kappa shape index (κ1) is 20.8. The van der Waals surface area contributed by atoms with Crippen LogP contribution >= 0.6 is 0 Å². The van der Waals surface area contributed by atoms with Gasteiger partial charge < -0.3 is 5.32 Å². The molecule has 0 aliphatic heterocycles. The van der Waals surface area contributed by atoms with Crippen molar-refractivity contribution in [2.24, 2.45) is 17.8 Å². The molecule has 0 saturated heterocycles. The van der Waals surface area contributed by atoms with Crippen molar-refractivity contribution in [2.45, 2.75) is 48.8 Å². The van der Waals surface area contributed by atoms with E-state index in [4.69, 9.17) is 0 Å². The molecule has 0 amide bonds. The predicted octanol–water partition coefficient (Wildman–Crippen LogP) is 6.70. The minimum absolute atomic E-state index is 0.256. The fourth-order valence-electron chi connectivity index (χ4n) is 6.98. The quantitative estimate of drug-likeness (QED) is 0.432. The number of sulfonamides is 1. The van der Waals surface area contributed by atoms with E-state index in [0.717, 1.165) is 29.1 Å². The zero-order valence-electron chi connectivity index (χ0n) is 18.7. The van der Waals surface area contributed by atoms with Gasteiger partial charge in [0.25, 0.3) is 10.0 Å². The number of hydrogen-bond acceptors (Lipinski definition) is 3. The van der Waals surface area contributed by atoms with Gasteiger partial charge in [0.05, 0.1) is 4.90 Å². The Kier molecular flexibility index (Phi) is 4.98. The average Bonchev–Trinajstić information content (AvgIpc) is 2.79. The van der Waals surface area contributed by atoms with Gasteiger partial charge in [-0.25, -0.2) is 8.42 Å². The Labute approximate surface area is 196 Å². The van der Waals surface area contributed by atoms with Crippen molar-refractivity contribution in [3.8, 4) is 0 Å². The summed E-state index contributed by atoms with van der Waals surface area (Å²) in [6.07, 6.45) is 8.22. The van der Waals surface area contributed by atoms with Gasteiger partial charge in [0.1, 0.15) is 0 Å². The summed E-state index contributed by atoms with van der Waals surface area (Å²) in [7, 11) is -3.64. The van der Waals surface area contributed by atoms with E-state index in [1.54, 1.807) is 24.3 Å². The Morgan fingerprint density at radius 1 is 0.636 bits per heavy atom. The van der Waals surface area contributed by atoms with Crippen molar-refractivity contribution in [3.63, 3.8) is 0 Å². The molecule has 3 aromatic rings. The van der Waals surface area contributed by atoms with Gasteiger partial charge in [-0.15, -0.1) is 0 Å². The smallest absolute Gasteiger partial charge is 0.261 e. The van der Waals surface area contributed by atoms with Crippen molar-refractivity contribution >= 4 is 27.1 Å². The van der Waals surface area contributed by atoms with Crippen LogP contribution in [0.5, 0.6) is 0 Å². The summed E-state index contributed by atoms with van der Waals surface area (Å²) in [5.41, 5.74) is 4.16. The van der Waals surface area contributed by atoms with Crippen LogP contribution in [0.1, 0.15) is 44.1 Å². The lowest BCUT2D eigenvalue weighted by atomic mass is 9.48. The predicted molar refractivity (Wildman–Crippen MR) is 133 cm³/mol. The van der Waals surface area contributed by atoms with Crippen LogP contribution < -0.4 is 10.0 Å². The molecular weight excluding hydrogens is 428 g/mol. The number of rotatable bonds is 6. The molecular formula is C28H30N2O2S. The van der Waals surface area contributed by atoms with Gasteiger partial charge in [-0.05, 0) is 116 Å². The van der Waals surface area contributed by atoms with Gasteiger partial charge in [0.15, 0.2) is 0 Å². The lowest BCUT2D eigenvalue weighted by Crippen LogP contribution is -2.48. The highest BCUT2D eigenvalue weighted by Gasteiger charge is 2.51. The number of nitrogens with one attached hydrogen (secondary N) is 2. The lowest BCUT2D eigenvalue weighted by molar-refractivity contribution is -0.00518. The summed E-state index contributed by atoms with van der Waals surface area (Å²) in [6.45, 7) is 0. The molecule has 7 rings (SSSR count). The summed E-state index contributed by atoms with van der Waals surface area (Å²) in [5, 5.41) is 3.28. The molecule has 3 aromatic carbocycles. The van der Waals surface area contributed by atoms with Gasteiger partial charge in [-0.1, -0.05) is 30.3 Å². The van der Waals surface area contributed by atoms with Crippen LogP contribution in [0.15, 0.2) is 83.8 Å². The average molecular weight is 459 g/mol. The van der Waals surface area contributed by atoms with Crippen LogP contribution in [0, 0.1) is 17.8 Å². The number of hydrogen-bond donors (Lipinski definition) is 2. The van der Waals surface area contributed by atoms with Crippen LogP contribution in [-0.2, 0) is 15.4 Å². The third-order valence-electron chi connectivity index (χ3n) is 8.01. The number of anilines is 3. The standard InChI is InChI=1S/C28H30N2O2S/c31-33(32,27-12-10-25(11-13-27)29-24-4-2-1-3-5-24)30-26-8-6-23(7-9-26)28-17-20-14-21(18-28)16-22(15-20)19-28/h1-13,20-22,29-30H,14-19H2. The van der Waals surface area contributed by atoms with E-state index in [1.165, 1.54) is 44.1 Å². The van der Waals surface area contributed by atoms with Crippen LogP contribution in [-0.4, -0.2) is 8.42 Å². The van der Waals surface area contributed by atoms with Crippen LogP contribution in [0.4, 0.5) is 17.1 Å². The minimum atomic E-state index is -3.64. The van der Waals surface area contributed by atoms with E-state index in [1.807, 2.05) is 42.5 Å². The van der Waals surface area contributed by atoms with E-state index in [-0.39, 0.29) is 4.90 Å². The van der Waals surface area contributed by atoms with Gasteiger partial charge >= 0.3 is 0 Å². The summed E-state index contributed by atoms with van der Waals surface area (Å²) >= 11 is 0. The van der Waals surface area contributed by atoms with Crippen molar-refractivity contribution in [1.29, 1.82) is 0 Å². The van der Waals surface area contributed by atoms with Gasteiger partial charge in [0, 0.05) is 17.1 Å². The molecule has 5 heteroatoms. The molecule has 4 aliphatic rings. The van der Waals surface area contributed by atoms with Gasteiger partial charge in [-0.3, -0.25) is 4.72 Å². The van der Waals surface area contributed by atoms with E-state index >= 15 is 0 Å². The van der Waals surface area contributed by atoms with E-state index in [2.05, 4.69) is 22.2 Å². The first-order chi connectivity index (χ1) is 16.0. The topological polar surface area (TPSA) is 58.2 Å². The molecule has 0 aromatic heterocycles. The summed E-state index contributed by atoms with van der Waals surface area (Å²) in [4.78, 5) is 0.256. The highest BCUT2D eigenvalue weighted by Crippen LogP contribution is 2.60. The normalized spacial score (nSPS) is 27.9. The van der Waals surface area contributed by atoms with Crippen molar-refractivity contribution in [3.05, 3.63) is 84.4 Å². The molecule has 0 heterocycles. The van der Waals surface area contributed by atoms with Gasteiger partial charge in [0.2, 0.25) is 0 Å². The molecule has 0 spiro atoms. The Balaban J connectivity index is 1.16. The molecule has 4 bridgehead atoms. The molecule has 0 unspecified atom stereocenters. The summed E-state index contributed by atoms with van der Waals surface area (Å²) in [6, 6.07) is 24.9. The summed E-state index contributed by atoms with van der Waals surface area (Å²) < 4.78 is 28.6. The summed E-state index contributed by atoms with van der Waals surface area (Å²) in [5.74, 6) is 2.69. The maximum Gasteiger partial charge on any atom is 0.261 e. The van der Waals surface area contributed by atoms with Crippen LogP contribution in [0.2, 0.25) is 0 Å². The molecule has 4 fully saturated rings. The van der Waals surface area contributed by atoms with Crippen LogP contribution in [0.3, 0.4) is 0 Å². The maximum absolute atomic E-state index is 12.9. The number of para-hydroxylation sites is 1. The second-order valence-corrected chi connectivity index (χ2v) is 12.1. The Hall–Kier alpha value is -2.79. The number of benzene rings is 3. The lowest BCUT2D eigenvalue weighted by Gasteiger charge is -2.57. The Morgan fingerprint density at radius 2 is 1.15 bits per heavy atom. The van der Waals surface area contributed by atoms with Crippen LogP contribution in [0.25, 0.3) is 0 Å². The third kappa shape index (κ3) is 4.04. The molecule has 4 saturated carbocycles. The monoisotopic (exact) mass is 458 g/mol. The van der Waals surface area contributed by atoms with Crippen molar-refractivity contribution < 1.29 is 8.42 Å². The Morgan fingerprint density at radius 3 is 1.73 bits per heavy atom. The SMILES string of the molecule is O=S(=O)(Nc1ccc(C23CC4CC(CC(C4)C2)C3)cc1)c1ccc(Nc2ccccc2)cc1. The molecule has 4 aliphatic carbocycles. The van der Waals surface area contributed by atoms with Crippen molar-refractivity contribution in [2.75, 3.05) is 10.0 Å². The zero-order chi connectivity index (χ0) is 22.5. The molecule has 33 heavy (non-hydrogen) atoms. The van der Waals surface area contributed by atoms with E-state index in [0.29, 0.717) is 11.1 Å². The second kappa shape index (κ2) is 7.91.